The Kier molecular flexibility index (Phi) is 1.96. The maximum Gasteiger partial charge on any atom is 0.286 e. The summed E-state index contributed by atoms with van der Waals surface area (Å²) in [5.41, 5.74) is 0.552. The number of rotatable bonds is 1. The lowest BCUT2D eigenvalue weighted by Crippen LogP contribution is -2.14. The molecule has 0 saturated carbocycles. The first-order chi connectivity index (χ1) is 7.08. The Balaban J connectivity index is 2.83. The monoisotopic (exact) mass is 205 g/mol. The molecule has 0 N–H and O–H groups in total. The van der Waals surface area contributed by atoms with Gasteiger partial charge in [-0.15, -0.1) is 0 Å². The summed E-state index contributed by atoms with van der Waals surface area (Å²) >= 11 is 0. The van der Waals surface area contributed by atoms with Gasteiger partial charge in [-0.25, -0.2) is 4.98 Å². The number of nitro groups is 1. The predicted molar refractivity (Wildman–Crippen MR) is 52.9 cm³/mol. The first-order valence-corrected chi connectivity index (χ1v) is 4.22. The number of pyridine rings is 1. The molecule has 6 nitrogen and oxygen atoms in total. The lowest BCUT2D eigenvalue weighted by atomic mass is 10.4. The average molecular weight is 205 g/mol. The zero-order chi connectivity index (χ0) is 11.0. The highest BCUT2D eigenvalue weighted by atomic mass is 16.6. The molecule has 0 atom stereocenters. The van der Waals surface area contributed by atoms with Gasteiger partial charge in [0.05, 0.1) is 11.1 Å². The number of nitrogens with zero attached hydrogens (tertiary/aromatic N) is 3. The van der Waals surface area contributed by atoms with Crippen molar-refractivity contribution in [2.75, 3.05) is 0 Å². The number of aromatic nitrogens is 2. The molecule has 0 aliphatic heterocycles. The Bertz CT molecular complexity index is 603. The summed E-state index contributed by atoms with van der Waals surface area (Å²) in [7, 11) is 0. The first kappa shape index (κ1) is 9.32. The summed E-state index contributed by atoms with van der Waals surface area (Å²) in [6.45, 7) is 1.70. The maximum absolute atomic E-state index is 11.5. The normalized spacial score (nSPS) is 10.5. The van der Waals surface area contributed by atoms with Crippen LogP contribution in [0.25, 0.3) is 5.65 Å². The van der Waals surface area contributed by atoms with Gasteiger partial charge in [-0.05, 0) is 13.0 Å². The fourth-order valence-corrected chi connectivity index (χ4v) is 1.32. The van der Waals surface area contributed by atoms with Crippen molar-refractivity contribution >= 4 is 11.3 Å². The van der Waals surface area contributed by atoms with E-state index in [1.807, 2.05) is 0 Å². The second-order valence-corrected chi connectivity index (χ2v) is 3.11. The van der Waals surface area contributed by atoms with Gasteiger partial charge < -0.3 is 0 Å². The van der Waals surface area contributed by atoms with Crippen LogP contribution in [0.5, 0.6) is 0 Å². The van der Waals surface area contributed by atoms with Crippen molar-refractivity contribution in [3.63, 3.8) is 0 Å². The van der Waals surface area contributed by atoms with Gasteiger partial charge in [0.15, 0.2) is 0 Å². The van der Waals surface area contributed by atoms with E-state index in [9.17, 15) is 14.9 Å². The van der Waals surface area contributed by atoms with E-state index >= 15 is 0 Å². The van der Waals surface area contributed by atoms with E-state index in [4.69, 9.17) is 0 Å². The van der Waals surface area contributed by atoms with E-state index in [-0.39, 0.29) is 11.2 Å². The molecule has 2 aromatic rings. The molecule has 0 amide bonds. The van der Waals surface area contributed by atoms with Crippen LogP contribution in [0, 0.1) is 17.0 Å². The van der Waals surface area contributed by atoms with E-state index in [0.29, 0.717) is 11.3 Å². The van der Waals surface area contributed by atoms with E-state index in [2.05, 4.69) is 4.98 Å². The third kappa shape index (κ3) is 1.56. The van der Waals surface area contributed by atoms with Crippen LogP contribution < -0.4 is 5.56 Å². The highest BCUT2D eigenvalue weighted by Crippen LogP contribution is 2.10. The summed E-state index contributed by atoms with van der Waals surface area (Å²) in [5.74, 6) is 0. The lowest BCUT2D eigenvalue weighted by molar-refractivity contribution is -0.385. The number of hydrogen-bond acceptors (Lipinski definition) is 4. The summed E-state index contributed by atoms with van der Waals surface area (Å²) in [6, 6.07) is 4.10. The number of fused-ring (bicyclic) bond motifs is 1. The molecule has 76 valence electrons. The molecule has 2 rings (SSSR count). The Morgan fingerprint density at radius 1 is 1.47 bits per heavy atom. The third-order valence-electron chi connectivity index (χ3n) is 1.98. The number of aryl methyl sites for hydroxylation is 1. The van der Waals surface area contributed by atoms with E-state index in [1.54, 1.807) is 6.92 Å². The van der Waals surface area contributed by atoms with Crippen LogP contribution in [-0.2, 0) is 0 Å². The molecular weight excluding hydrogens is 198 g/mol. The Labute approximate surface area is 84.0 Å². The van der Waals surface area contributed by atoms with Gasteiger partial charge in [0.25, 0.3) is 11.2 Å². The van der Waals surface area contributed by atoms with Crippen LogP contribution in [0.15, 0.2) is 29.2 Å². The molecule has 0 saturated heterocycles. The van der Waals surface area contributed by atoms with Crippen molar-refractivity contribution < 1.29 is 4.92 Å². The van der Waals surface area contributed by atoms with Crippen molar-refractivity contribution in [3.8, 4) is 0 Å². The minimum Gasteiger partial charge on any atom is -0.269 e. The van der Waals surface area contributed by atoms with Gasteiger partial charge in [0, 0.05) is 17.8 Å². The zero-order valence-corrected chi connectivity index (χ0v) is 7.88. The third-order valence-corrected chi connectivity index (χ3v) is 1.98. The largest absolute Gasteiger partial charge is 0.286 e. The number of hydrogen-bond donors (Lipinski definition) is 0. The Morgan fingerprint density at radius 3 is 2.87 bits per heavy atom. The SMILES string of the molecule is Cc1cc(=O)n2cc([N+](=O)[O-])ccc2n1. The van der Waals surface area contributed by atoms with Crippen molar-refractivity contribution in [3.05, 3.63) is 50.6 Å². The molecule has 0 aromatic carbocycles. The molecule has 0 radical (unpaired) electrons. The maximum atomic E-state index is 11.5. The Morgan fingerprint density at radius 2 is 2.20 bits per heavy atom. The first-order valence-electron chi connectivity index (χ1n) is 4.22. The van der Waals surface area contributed by atoms with E-state index in [1.165, 1.54) is 24.4 Å². The molecule has 0 fully saturated rings. The molecule has 0 aliphatic rings. The van der Waals surface area contributed by atoms with Crippen LogP contribution in [0.2, 0.25) is 0 Å². The average Bonchev–Trinajstić information content (AvgIpc) is 2.16. The standard InChI is InChI=1S/C9H7N3O3/c1-6-4-9(13)11-5-7(12(14)15)2-3-8(11)10-6/h2-5H,1H3. The molecule has 0 spiro atoms. The molecular formula is C9H7N3O3. The molecule has 0 bridgehead atoms. The second kappa shape index (κ2) is 3.16. The van der Waals surface area contributed by atoms with Crippen molar-refractivity contribution in [2.45, 2.75) is 6.92 Å². The van der Waals surface area contributed by atoms with Crippen molar-refractivity contribution in [1.82, 2.24) is 9.38 Å². The minimum absolute atomic E-state index is 0.129. The Hall–Kier alpha value is -2.24. The smallest absolute Gasteiger partial charge is 0.269 e. The van der Waals surface area contributed by atoms with E-state index < -0.39 is 4.92 Å². The molecule has 0 unspecified atom stereocenters. The van der Waals surface area contributed by atoms with Gasteiger partial charge in [-0.2, -0.15) is 0 Å². The van der Waals surface area contributed by atoms with Crippen LogP contribution >= 0.6 is 0 Å². The van der Waals surface area contributed by atoms with Gasteiger partial charge in [-0.3, -0.25) is 19.3 Å². The fraction of sp³-hybridized carbons (Fsp3) is 0.111. The summed E-state index contributed by atoms with van der Waals surface area (Å²) in [4.78, 5) is 25.5. The van der Waals surface area contributed by atoms with E-state index in [0.717, 1.165) is 4.40 Å². The highest BCUT2D eigenvalue weighted by molar-refractivity contribution is 5.44. The fourth-order valence-electron chi connectivity index (χ4n) is 1.32. The molecule has 2 aromatic heterocycles. The summed E-state index contributed by atoms with van der Waals surface area (Å²) in [6.07, 6.45) is 1.17. The lowest BCUT2D eigenvalue weighted by Gasteiger charge is -1.99. The van der Waals surface area contributed by atoms with Crippen molar-refractivity contribution in [2.24, 2.45) is 0 Å². The van der Waals surface area contributed by atoms with Crippen LogP contribution in [0.1, 0.15) is 5.69 Å². The second-order valence-electron chi connectivity index (χ2n) is 3.11. The van der Waals surface area contributed by atoms with Gasteiger partial charge >= 0.3 is 0 Å². The summed E-state index contributed by atoms with van der Waals surface area (Å²) < 4.78 is 1.16. The van der Waals surface area contributed by atoms with Crippen LogP contribution in [0.3, 0.4) is 0 Å². The predicted octanol–water partition coefficient (Wildman–Crippen LogP) is 0.911. The molecule has 0 aliphatic carbocycles. The van der Waals surface area contributed by atoms with Gasteiger partial charge in [0.1, 0.15) is 5.65 Å². The quantitative estimate of drug-likeness (QED) is 0.512. The van der Waals surface area contributed by atoms with Gasteiger partial charge in [-0.1, -0.05) is 0 Å². The van der Waals surface area contributed by atoms with Crippen molar-refractivity contribution in [1.29, 1.82) is 0 Å². The zero-order valence-electron chi connectivity index (χ0n) is 7.88. The molecule has 6 heteroatoms. The summed E-state index contributed by atoms with van der Waals surface area (Å²) in [5, 5.41) is 10.5. The molecule has 2 heterocycles. The van der Waals surface area contributed by atoms with Crippen LogP contribution in [0.4, 0.5) is 5.69 Å². The topological polar surface area (TPSA) is 77.5 Å². The molecule has 15 heavy (non-hydrogen) atoms. The van der Waals surface area contributed by atoms with Crippen LogP contribution in [-0.4, -0.2) is 14.3 Å². The minimum atomic E-state index is -0.550. The van der Waals surface area contributed by atoms with Gasteiger partial charge in [0.2, 0.25) is 0 Å². The highest BCUT2D eigenvalue weighted by Gasteiger charge is 2.07.